The van der Waals surface area contributed by atoms with Crippen molar-refractivity contribution >= 4 is 11.8 Å². The summed E-state index contributed by atoms with van der Waals surface area (Å²) < 4.78 is 5.66. The lowest BCUT2D eigenvalue weighted by molar-refractivity contribution is 0.0119. The van der Waals surface area contributed by atoms with Gasteiger partial charge in [0.2, 0.25) is 0 Å². The van der Waals surface area contributed by atoms with E-state index in [0.717, 1.165) is 12.2 Å². The van der Waals surface area contributed by atoms with Crippen LogP contribution in [0.2, 0.25) is 0 Å². The van der Waals surface area contributed by atoms with Gasteiger partial charge in [-0.1, -0.05) is 6.92 Å². The summed E-state index contributed by atoms with van der Waals surface area (Å²) in [7, 11) is 0. The van der Waals surface area contributed by atoms with Crippen molar-refractivity contribution in [2.75, 3.05) is 5.75 Å². The third-order valence-corrected chi connectivity index (χ3v) is 3.35. The molecule has 0 aromatic carbocycles. The van der Waals surface area contributed by atoms with Gasteiger partial charge in [-0.2, -0.15) is 0 Å². The van der Waals surface area contributed by atoms with Crippen LogP contribution in [0.15, 0.2) is 0 Å². The molecule has 9 heavy (non-hydrogen) atoms. The third kappa shape index (κ3) is 1.62. The van der Waals surface area contributed by atoms with E-state index in [2.05, 4.69) is 20.8 Å². The van der Waals surface area contributed by atoms with Crippen LogP contribution in [0.1, 0.15) is 27.2 Å². The lowest BCUT2D eigenvalue weighted by Gasteiger charge is -2.20. The first-order valence-electron chi connectivity index (χ1n) is 3.48. The maximum Gasteiger partial charge on any atom is 0.111 e. The summed E-state index contributed by atoms with van der Waals surface area (Å²) in [6, 6.07) is 0. The quantitative estimate of drug-likeness (QED) is 0.561. The lowest BCUT2D eigenvalue weighted by Crippen LogP contribution is -2.19. The number of rotatable bonds is 1. The molecule has 54 valence electrons. The van der Waals surface area contributed by atoms with Gasteiger partial charge in [-0.25, -0.2) is 0 Å². The summed E-state index contributed by atoms with van der Waals surface area (Å²) in [6.07, 6.45) is 1.57. The van der Waals surface area contributed by atoms with Crippen LogP contribution in [0.25, 0.3) is 0 Å². The van der Waals surface area contributed by atoms with E-state index in [4.69, 9.17) is 4.74 Å². The van der Waals surface area contributed by atoms with Crippen LogP contribution >= 0.6 is 11.8 Å². The van der Waals surface area contributed by atoms with Crippen LogP contribution in [-0.4, -0.2) is 16.8 Å². The average Bonchev–Trinajstić information content (AvgIpc) is 2.13. The second kappa shape index (κ2) is 2.51. The highest BCUT2D eigenvalue weighted by Gasteiger charge is 2.32. The Labute approximate surface area is 61.2 Å². The van der Waals surface area contributed by atoms with Gasteiger partial charge in [-0.3, -0.25) is 0 Å². The number of ether oxygens (including phenoxy) is 1. The van der Waals surface area contributed by atoms with Crippen LogP contribution in [0.3, 0.4) is 0 Å². The van der Waals surface area contributed by atoms with E-state index >= 15 is 0 Å². The Kier molecular flexibility index (Phi) is 2.07. The van der Waals surface area contributed by atoms with Crippen LogP contribution in [-0.2, 0) is 4.74 Å². The fraction of sp³-hybridized carbons (Fsp3) is 1.00. The smallest absolute Gasteiger partial charge is 0.111 e. The monoisotopic (exact) mass is 146 g/mol. The molecule has 1 saturated heterocycles. The molecular weight excluding hydrogens is 132 g/mol. The molecule has 1 nitrogen and oxygen atoms in total. The van der Waals surface area contributed by atoms with Gasteiger partial charge < -0.3 is 4.74 Å². The predicted molar refractivity (Wildman–Crippen MR) is 41.7 cm³/mol. The first-order chi connectivity index (χ1) is 4.16. The summed E-state index contributed by atoms with van der Waals surface area (Å²) in [4.78, 5) is 0.124. The van der Waals surface area contributed by atoms with Gasteiger partial charge >= 0.3 is 0 Å². The van der Waals surface area contributed by atoms with Gasteiger partial charge in [0.05, 0.1) is 6.10 Å². The van der Waals surface area contributed by atoms with Crippen molar-refractivity contribution in [3.05, 3.63) is 0 Å². The Hall–Kier alpha value is 0.310. The first-order valence-corrected chi connectivity index (χ1v) is 4.46. The Balaban J connectivity index is 2.45. The van der Waals surface area contributed by atoms with Crippen molar-refractivity contribution in [2.45, 2.75) is 38.2 Å². The zero-order chi connectivity index (χ0) is 6.91. The van der Waals surface area contributed by atoms with Crippen molar-refractivity contribution in [1.29, 1.82) is 0 Å². The summed E-state index contributed by atoms with van der Waals surface area (Å²) in [5, 5.41) is 0. The zero-order valence-electron chi connectivity index (χ0n) is 6.31. The van der Waals surface area contributed by atoms with Gasteiger partial charge in [0.1, 0.15) is 4.93 Å². The van der Waals surface area contributed by atoms with E-state index in [1.54, 1.807) is 0 Å². The van der Waals surface area contributed by atoms with Crippen molar-refractivity contribution in [1.82, 2.24) is 0 Å². The summed E-state index contributed by atoms with van der Waals surface area (Å²) in [5.41, 5.74) is 0. The standard InChI is InChI=1S/C7H14OS/c1-4-7(3)8-6(2)5-9-7/h6H,4-5H2,1-3H3/t6-,7+/m1/s1. The lowest BCUT2D eigenvalue weighted by atomic mass is 10.3. The molecule has 0 radical (unpaired) electrons. The molecule has 1 rings (SSSR count). The molecule has 0 aromatic rings. The van der Waals surface area contributed by atoms with Gasteiger partial charge in [0.15, 0.2) is 0 Å². The maximum absolute atomic E-state index is 5.66. The van der Waals surface area contributed by atoms with Crippen molar-refractivity contribution in [3.63, 3.8) is 0 Å². The van der Waals surface area contributed by atoms with Gasteiger partial charge in [-0.05, 0) is 20.3 Å². The minimum Gasteiger partial charge on any atom is -0.361 e. The minimum absolute atomic E-state index is 0.124. The van der Waals surface area contributed by atoms with Gasteiger partial charge in [0.25, 0.3) is 0 Å². The van der Waals surface area contributed by atoms with E-state index in [1.165, 1.54) is 0 Å². The Morgan fingerprint density at radius 1 is 1.78 bits per heavy atom. The zero-order valence-corrected chi connectivity index (χ0v) is 7.12. The summed E-state index contributed by atoms with van der Waals surface area (Å²) >= 11 is 1.93. The van der Waals surface area contributed by atoms with Crippen molar-refractivity contribution < 1.29 is 4.74 Å². The molecule has 1 heterocycles. The highest BCUT2D eigenvalue weighted by molar-refractivity contribution is 8.00. The second-order valence-electron chi connectivity index (χ2n) is 2.73. The normalized spacial score (nSPS) is 43.7. The first kappa shape index (κ1) is 7.42. The molecule has 1 aliphatic heterocycles. The van der Waals surface area contributed by atoms with E-state index in [1.807, 2.05) is 11.8 Å². The SMILES string of the molecule is CC[C@@]1(C)O[C@H](C)CS1. The summed E-state index contributed by atoms with van der Waals surface area (Å²) in [6.45, 7) is 6.47. The van der Waals surface area contributed by atoms with Gasteiger partial charge in [-0.15, -0.1) is 11.8 Å². The molecule has 0 unspecified atom stereocenters. The Morgan fingerprint density at radius 2 is 2.44 bits per heavy atom. The topological polar surface area (TPSA) is 9.23 Å². The molecule has 2 heteroatoms. The molecule has 0 N–H and O–H groups in total. The highest BCUT2D eigenvalue weighted by Crippen LogP contribution is 2.38. The van der Waals surface area contributed by atoms with E-state index in [-0.39, 0.29) is 4.93 Å². The van der Waals surface area contributed by atoms with Gasteiger partial charge in [0, 0.05) is 5.75 Å². The number of hydrogen-bond acceptors (Lipinski definition) is 2. The van der Waals surface area contributed by atoms with Crippen molar-refractivity contribution in [3.8, 4) is 0 Å². The molecule has 2 atom stereocenters. The molecule has 0 spiro atoms. The Bertz CT molecular complexity index is 105. The molecule has 0 aromatic heterocycles. The van der Waals surface area contributed by atoms with Crippen LogP contribution in [0.5, 0.6) is 0 Å². The third-order valence-electron chi connectivity index (χ3n) is 1.72. The minimum atomic E-state index is 0.124. The van der Waals surface area contributed by atoms with Crippen LogP contribution < -0.4 is 0 Å². The average molecular weight is 146 g/mol. The highest BCUT2D eigenvalue weighted by atomic mass is 32.2. The molecule has 1 aliphatic rings. The van der Waals surface area contributed by atoms with E-state index in [0.29, 0.717) is 6.10 Å². The summed E-state index contributed by atoms with van der Waals surface area (Å²) in [5.74, 6) is 1.16. The number of hydrogen-bond donors (Lipinski definition) is 0. The molecule has 0 saturated carbocycles. The van der Waals surface area contributed by atoms with Crippen LogP contribution in [0.4, 0.5) is 0 Å². The predicted octanol–water partition coefficient (Wildman–Crippen LogP) is 2.26. The fourth-order valence-corrected chi connectivity index (χ4v) is 2.06. The fourth-order valence-electron chi connectivity index (χ4n) is 0.973. The van der Waals surface area contributed by atoms with Crippen LogP contribution in [0, 0.1) is 0 Å². The van der Waals surface area contributed by atoms with E-state index < -0.39 is 0 Å². The second-order valence-corrected chi connectivity index (χ2v) is 4.21. The molecule has 0 bridgehead atoms. The van der Waals surface area contributed by atoms with Crippen molar-refractivity contribution in [2.24, 2.45) is 0 Å². The molecular formula is C7H14OS. The van der Waals surface area contributed by atoms with E-state index in [9.17, 15) is 0 Å². The maximum atomic E-state index is 5.66. The molecule has 0 aliphatic carbocycles. The number of thioether (sulfide) groups is 1. The largest absolute Gasteiger partial charge is 0.361 e. The molecule has 1 fully saturated rings. The molecule has 0 amide bonds. The Morgan fingerprint density at radius 3 is 2.67 bits per heavy atom.